The first kappa shape index (κ1) is 14.0. The van der Waals surface area contributed by atoms with Crippen LogP contribution in [0.5, 0.6) is 0 Å². The summed E-state index contributed by atoms with van der Waals surface area (Å²) in [5.74, 6) is -0.161. The van der Waals surface area contributed by atoms with Crippen LogP contribution in [0, 0.1) is 0 Å². The summed E-state index contributed by atoms with van der Waals surface area (Å²) in [6, 6.07) is 1.70. The molecule has 2 aromatic rings. The highest BCUT2D eigenvalue weighted by Gasteiger charge is 2.14. The lowest BCUT2D eigenvalue weighted by Gasteiger charge is -2.10. The summed E-state index contributed by atoms with van der Waals surface area (Å²) in [7, 11) is 1.84. The molecule has 2 heterocycles. The van der Waals surface area contributed by atoms with E-state index in [4.69, 9.17) is 0 Å². The topological polar surface area (TPSA) is 71.8 Å². The van der Waals surface area contributed by atoms with Gasteiger partial charge in [-0.05, 0) is 19.4 Å². The summed E-state index contributed by atoms with van der Waals surface area (Å²) >= 11 is 0. The maximum Gasteiger partial charge on any atom is 0.257 e. The lowest BCUT2D eigenvalue weighted by Crippen LogP contribution is -2.15. The van der Waals surface area contributed by atoms with E-state index >= 15 is 0 Å². The maximum atomic E-state index is 12.4. The number of nitrogens with zero attached hydrogens (tertiary/aromatic N) is 3. The second-order valence-electron chi connectivity index (χ2n) is 4.42. The molecule has 0 aliphatic rings. The van der Waals surface area contributed by atoms with Crippen LogP contribution >= 0.6 is 0 Å². The molecule has 0 saturated carbocycles. The van der Waals surface area contributed by atoms with Crippen molar-refractivity contribution >= 4 is 17.3 Å². The minimum Gasteiger partial charge on any atom is -0.383 e. The summed E-state index contributed by atoms with van der Waals surface area (Å²) in [5.41, 5.74) is 2.93. The Hall–Kier alpha value is -2.37. The van der Waals surface area contributed by atoms with Gasteiger partial charge in [0.05, 0.1) is 28.8 Å². The molecule has 0 unspecified atom stereocenters. The summed E-state index contributed by atoms with van der Waals surface area (Å²) in [6.45, 7) is 4.72. The van der Waals surface area contributed by atoms with Crippen molar-refractivity contribution in [2.24, 2.45) is 7.05 Å². The molecule has 106 valence electrons. The number of aryl methyl sites for hydroxylation is 2. The third kappa shape index (κ3) is 2.96. The minimum atomic E-state index is -0.161. The second kappa shape index (κ2) is 6.18. The van der Waals surface area contributed by atoms with Crippen LogP contribution in [-0.2, 0) is 13.5 Å². The van der Waals surface area contributed by atoms with Crippen LogP contribution in [-0.4, -0.2) is 27.2 Å². The number of carbonyl (C=O) groups is 1. The van der Waals surface area contributed by atoms with E-state index in [2.05, 4.69) is 20.7 Å². The van der Waals surface area contributed by atoms with E-state index in [1.165, 1.54) is 0 Å². The van der Waals surface area contributed by atoms with Gasteiger partial charge in [0.2, 0.25) is 0 Å². The number of amides is 1. The lowest BCUT2D eigenvalue weighted by atomic mass is 10.2. The molecule has 2 aromatic heterocycles. The molecule has 2 N–H and O–H groups in total. The molecule has 1 amide bonds. The number of pyridine rings is 1. The largest absolute Gasteiger partial charge is 0.383 e. The molecule has 0 atom stereocenters. The van der Waals surface area contributed by atoms with Gasteiger partial charge in [0.25, 0.3) is 5.91 Å². The molecule has 0 aliphatic carbocycles. The van der Waals surface area contributed by atoms with Gasteiger partial charge in [0.1, 0.15) is 0 Å². The molecule has 0 fully saturated rings. The van der Waals surface area contributed by atoms with Crippen LogP contribution in [0.25, 0.3) is 0 Å². The predicted molar refractivity (Wildman–Crippen MR) is 78.9 cm³/mol. The first-order valence-electron chi connectivity index (χ1n) is 6.67. The van der Waals surface area contributed by atoms with Crippen molar-refractivity contribution in [3.05, 3.63) is 35.9 Å². The molecular weight excluding hydrogens is 254 g/mol. The highest BCUT2D eigenvalue weighted by Crippen LogP contribution is 2.18. The van der Waals surface area contributed by atoms with Crippen LogP contribution in [0.4, 0.5) is 11.4 Å². The standard InChI is InChI=1S/C14H19N5O/c1-4-11-13(9-19(3)18-11)17-14(20)10-6-7-15-8-12(10)16-5-2/h6-9,16H,4-5H2,1-3H3,(H,17,20). The Labute approximate surface area is 118 Å². The number of carbonyl (C=O) groups excluding carboxylic acids is 1. The number of aromatic nitrogens is 3. The average molecular weight is 273 g/mol. The van der Waals surface area contributed by atoms with Gasteiger partial charge in [-0.25, -0.2) is 0 Å². The first-order valence-corrected chi connectivity index (χ1v) is 6.67. The van der Waals surface area contributed by atoms with Crippen molar-refractivity contribution in [1.29, 1.82) is 0 Å². The fourth-order valence-electron chi connectivity index (χ4n) is 2.01. The second-order valence-corrected chi connectivity index (χ2v) is 4.42. The molecule has 2 rings (SSSR count). The first-order chi connectivity index (χ1) is 9.65. The number of nitrogens with one attached hydrogen (secondary N) is 2. The molecular formula is C14H19N5O. The van der Waals surface area contributed by atoms with Crippen molar-refractivity contribution in [3.8, 4) is 0 Å². The Bertz CT molecular complexity index is 605. The molecule has 6 heteroatoms. The zero-order chi connectivity index (χ0) is 14.5. The van der Waals surface area contributed by atoms with Gasteiger partial charge in [0.15, 0.2) is 0 Å². The molecule has 0 spiro atoms. The van der Waals surface area contributed by atoms with E-state index in [0.717, 1.165) is 30.0 Å². The lowest BCUT2D eigenvalue weighted by molar-refractivity contribution is 0.102. The fraction of sp³-hybridized carbons (Fsp3) is 0.357. The number of hydrogen-bond acceptors (Lipinski definition) is 4. The van der Waals surface area contributed by atoms with E-state index in [1.807, 2.05) is 27.1 Å². The smallest absolute Gasteiger partial charge is 0.257 e. The Morgan fingerprint density at radius 1 is 1.35 bits per heavy atom. The average Bonchev–Trinajstić information content (AvgIpc) is 2.79. The van der Waals surface area contributed by atoms with Gasteiger partial charge in [-0.3, -0.25) is 14.5 Å². The summed E-state index contributed by atoms with van der Waals surface area (Å²) < 4.78 is 1.70. The molecule has 0 saturated heterocycles. The van der Waals surface area contributed by atoms with Crippen LogP contribution < -0.4 is 10.6 Å². The van der Waals surface area contributed by atoms with E-state index in [0.29, 0.717) is 5.56 Å². The van der Waals surface area contributed by atoms with Gasteiger partial charge in [0, 0.05) is 26.0 Å². The Balaban J connectivity index is 2.23. The van der Waals surface area contributed by atoms with Crippen molar-refractivity contribution in [1.82, 2.24) is 14.8 Å². The molecule has 20 heavy (non-hydrogen) atoms. The van der Waals surface area contributed by atoms with E-state index < -0.39 is 0 Å². The summed E-state index contributed by atoms with van der Waals surface area (Å²) in [5, 5.41) is 10.3. The normalized spacial score (nSPS) is 10.3. The molecule has 6 nitrogen and oxygen atoms in total. The van der Waals surface area contributed by atoms with Gasteiger partial charge < -0.3 is 10.6 Å². The number of rotatable bonds is 5. The van der Waals surface area contributed by atoms with Crippen LogP contribution in [0.15, 0.2) is 24.7 Å². The van der Waals surface area contributed by atoms with E-state index in [1.54, 1.807) is 23.1 Å². The third-order valence-corrected chi connectivity index (χ3v) is 2.92. The van der Waals surface area contributed by atoms with Crippen molar-refractivity contribution in [2.75, 3.05) is 17.2 Å². The van der Waals surface area contributed by atoms with Crippen molar-refractivity contribution < 1.29 is 4.79 Å². The zero-order valence-electron chi connectivity index (χ0n) is 12.0. The quantitative estimate of drug-likeness (QED) is 0.874. The van der Waals surface area contributed by atoms with Gasteiger partial charge in [-0.2, -0.15) is 5.10 Å². The Morgan fingerprint density at radius 2 is 2.15 bits per heavy atom. The van der Waals surface area contributed by atoms with Crippen molar-refractivity contribution in [3.63, 3.8) is 0 Å². The van der Waals surface area contributed by atoms with Crippen LogP contribution in [0.3, 0.4) is 0 Å². The Morgan fingerprint density at radius 3 is 2.85 bits per heavy atom. The number of anilines is 2. The fourth-order valence-corrected chi connectivity index (χ4v) is 2.01. The zero-order valence-corrected chi connectivity index (χ0v) is 12.0. The summed E-state index contributed by atoms with van der Waals surface area (Å²) in [4.78, 5) is 16.4. The molecule has 0 bridgehead atoms. The Kier molecular flexibility index (Phi) is 4.34. The minimum absolute atomic E-state index is 0.161. The maximum absolute atomic E-state index is 12.4. The third-order valence-electron chi connectivity index (χ3n) is 2.92. The number of hydrogen-bond donors (Lipinski definition) is 2. The van der Waals surface area contributed by atoms with Crippen LogP contribution in [0.2, 0.25) is 0 Å². The molecule has 0 aliphatic heterocycles. The van der Waals surface area contributed by atoms with Gasteiger partial charge in [-0.15, -0.1) is 0 Å². The van der Waals surface area contributed by atoms with E-state index in [9.17, 15) is 4.79 Å². The SMILES string of the molecule is CCNc1cnccc1C(=O)Nc1cn(C)nc1CC. The van der Waals surface area contributed by atoms with Gasteiger partial charge >= 0.3 is 0 Å². The molecule has 0 radical (unpaired) electrons. The van der Waals surface area contributed by atoms with Gasteiger partial charge in [-0.1, -0.05) is 6.92 Å². The van der Waals surface area contributed by atoms with Crippen molar-refractivity contribution in [2.45, 2.75) is 20.3 Å². The highest BCUT2D eigenvalue weighted by atomic mass is 16.1. The highest BCUT2D eigenvalue weighted by molar-refractivity contribution is 6.08. The van der Waals surface area contributed by atoms with Crippen LogP contribution in [0.1, 0.15) is 29.9 Å². The summed E-state index contributed by atoms with van der Waals surface area (Å²) in [6.07, 6.45) is 5.85. The van der Waals surface area contributed by atoms with E-state index in [-0.39, 0.29) is 5.91 Å². The monoisotopic (exact) mass is 273 g/mol. The predicted octanol–water partition coefficient (Wildman–Crippen LogP) is 2.06. The molecule has 0 aromatic carbocycles.